The van der Waals surface area contributed by atoms with Crippen LogP contribution in [0.1, 0.15) is 74.5 Å². The van der Waals surface area contributed by atoms with Crippen molar-refractivity contribution in [2.75, 3.05) is 7.11 Å². The van der Waals surface area contributed by atoms with E-state index in [-0.39, 0.29) is 17.9 Å². The monoisotopic (exact) mass is 393 g/mol. The Hall–Kier alpha value is -2.29. The highest BCUT2D eigenvalue weighted by Gasteiger charge is 2.33. The molecule has 3 nitrogen and oxygen atoms in total. The number of methoxy groups -OCH3 is 1. The maximum atomic E-state index is 12.7. The fourth-order valence-electron chi connectivity index (χ4n) is 4.64. The molecule has 1 fully saturated rings. The first-order chi connectivity index (χ1) is 14.1. The molecule has 1 saturated carbocycles. The summed E-state index contributed by atoms with van der Waals surface area (Å²) in [5, 5.41) is 3.46. The van der Waals surface area contributed by atoms with Crippen molar-refractivity contribution < 1.29 is 9.53 Å². The molecule has 0 aromatic heterocycles. The van der Waals surface area contributed by atoms with Crippen molar-refractivity contribution >= 4 is 5.91 Å². The van der Waals surface area contributed by atoms with Gasteiger partial charge in [-0.05, 0) is 55.4 Å². The van der Waals surface area contributed by atoms with Crippen LogP contribution < -0.4 is 10.1 Å². The smallest absolute Gasteiger partial charge is 0.220 e. The largest absolute Gasteiger partial charge is 0.497 e. The number of amides is 1. The molecule has 156 valence electrons. The van der Waals surface area contributed by atoms with Crippen molar-refractivity contribution in [2.24, 2.45) is 5.92 Å². The number of aryl methyl sites for hydroxylation is 1. The number of carbonyl (C=O) groups is 1. The molecule has 1 N–H and O–H groups in total. The lowest BCUT2D eigenvalue weighted by molar-refractivity contribution is -0.122. The average Bonchev–Trinajstić information content (AvgIpc) is 2.76. The van der Waals surface area contributed by atoms with Gasteiger partial charge in [0.15, 0.2) is 0 Å². The molecule has 0 saturated heterocycles. The van der Waals surface area contributed by atoms with E-state index in [0.29, 0.717) is 12.3 Å². The molecule has 0 heterocycles. The summed E-state index contributed by atoms with van der Waals surface area (Å²) >= 11 is 0. The Kier molecular flexibility index (Phi) is 7.74. The number of hydrogen-bond acceptors (Lipinski definition) is 2. The zero-order valence-electron chi connectivity index (χ0n) is 18.1. The van der Waals surface area contributed by atoms with E-state index in [4.69, 9.17) is 4.74 Å². The third-order valence-corrected chi connectivity index (χ3v) is 6.23. The van der Waals surface area contributed by atoms with Gasteiger partial charge in [-0.15, -0.1) is 0 Å². The van der Waals surface area contributed by atoms with Gasteiger partial charge in [0.1, 0.15) is 5.75 Å². The Balaban J connectivity index is 2.02. The van der Waals surface area contributed by atoms with Gasteiger partial charge in [-0.3, -0.25) is 4.79 Å². The van der Waals surface area contributed by atoms with E-state index < -0.39 is 0 Å². The SMILES string of the molecule is CCCC(=O)N[C@H](C1CCCCC1)[C@H](c1ccc(C)cc1)c1ccc(OC)cc1. The van der Waals surface area contributed by atoms with E-state index in [1.807, 2.05) is 12.1 Å². The van der Waals surface area contributed by atoms with E-state index >= 15 is 0 Å². The molecule has 1 aliphatic carbocycles. The van der Waals surface area contributed by atoms with Gasteiger partial charge in [0, 0.05) is 18.4 Å². The number of benzene rings is 2. The summed E-state index contributed by atoms with van der Waals surface area (Å²) in [4.78, 5) is 12.7. The molecular weight excluding hydrogens is 358 g/mol. The number of ether oxygens (including phenoxy) is 1. The predicted octanol–water partition coefficient (Wildman–Crippen LogP) is 6.00. The second kappa shape index (κ2) is 10.5. The molecule has 0 spiro atoms. The molecular formula is C26H35NO2. The molecule has 0 radical (unpaired) electrons. The molecule has 3 heteroatoms. The summed E-state index contributed by atoms with van der Waals surface area (Å²) in [7, 11) is 1.70. The lowest BCUT2D eigenvalue weighted by Gasteiger charge is -2.37. The molecule has 1 aliphatic rings. The molecule has 1 amide bonds. The minimum Gasteiger partial charge on any atom is -0.497 e. The zero-order chi connectivity index (χ0) is 20.6. The van der Waals surface area contributed by atoms with Gasteiger partial charge in [0.25, 0.3) is 0 Å². The third-order valence-electron chi connectivity index (χ3n) is 6.23. The van der Waals surface area contributed by atoms with Crippen LogP contribution in [0.3, 0.4) is 0 Å². The first-order valence-electron chi connectivity index (χ1n) is 11.1. The van der Waals surface area contributed by atoms with Crippen molar-refractivity contribution in [1.82, 2.24) is 5.32 Å². The number of hydrogen-bond donors (Lipinski definition) is 1. The summed E-state index contributed by atoms with van der Waals surface area (Å²) in [6.07, 6.45) is 7.67. The zero-order valence-corrected chi connectivity index (χ0v) is 18.1. The lowest BCUT2D eigenvalue weighted by atomic mass is 9.73. The average molecular weight is 394 g/mol. The van der Waals surface area contributed by atoms with Crippen LogP contribution in [0, 0.1) is 12.8 Å². The van der Waals surface area contributed by atoms with Crippen LogP contribution in [0.15, 0.2) is 48.5 Å². The molecule has 0 bridgehead atoms. The van der Waals surface area contributed by atoms with Crippen LogP contribution in [0.4, 0.5) is 0 Å². The summed E-state index contributed by atoms with van der Waals surface area (Å²) in [6.45, 7) is 4.18. The number of nitrogens with one attached hydrogen (secondary N) is 1. The molecule has 2 aromatic rings. The van der Waals surface area contributed by atoms with Crippen LogP contribution in [-0.2, 0) is 4.79 Å². The van der Waals surface area contributed by atoms with Crippen LogP contribution in [0.25, 0.3) is 0 Å². The Morgan fingerprint density at radius 1 is 1.00 bits per heavy atom. The first kappa shape index (κ1) is 21.4. The summed E-state index contributed by atoms with van der Waals surface area (Å²) in [6, 6.07) is 17.3. The van der Waals surface area contributed by atoms with E-state index in [1.165, 1.54) is 48.8 Å². The van der Waals surface area contributed by atoms with Crippen molar-refractivity contribution in [3.8, 4) is 5.75 Å². The van der Waals surface area contributed by atoms with Gasteiger partial charge in [0.2, 0.25) is 5.91 Å². The minimum absolute atomic E-state index is 0.116. The normalized spacial score (nSPS) is 16.8. The van der Waals surface area contributed by atoms with Gasteiger partial charge in [-0.1, -0.05) is 68.1 Å². The fraction of sp³-hybridized carbons (Fsp3) is 0.500. The Bertz CT molecular complexity index is 760. The minimum atomic E-state index is 0.116. The van der Waals surface area contributed by atoms with Crippen molar-refractivity contribution in [2.45, 2.75) is 70.8 Å². The van der Waals surface area contributed by atoms with Gasteiger partial charge in [0.05, 0.1) is 7.11 Å². The van der Waals surface area contributed by atoms with Gasteiger partial charge >= 0.3 is 0 Å². The molecule has 3 rings (SSSR count). The van der Waals surface area contributed by atoms with Gasteiger partial charge in [-0.2, -0.15) is 0 Å². The maximum Gasteiger partial charge on any atom is 0.220 e. The highest BCUT2D eigenvalue weighted by atomic mass is 16.5. The standard InChI is InChI=1S/C26H35NO2/c1-4-8-24(28)27-26(22-9-6-5-7-10-22)25(20-13-11-19(2)12-14-20)21-15-17-23(29-3)18-16-21/h11-18,22,25-26H,4-10H2,1-3H3,(H,27,28)/t25-,26-/m1/s1. The quantitative estimate of drug-likeness (QED) is 0.597. The molecule has 0 unspecified atom stereocenters. The Morgan fingerprint density at radius 2 is 1.59 bits per heavy atom. The highest BCUT2D eigenvalue weighted by molar-refractivity contribution is 5.76. The van der Waals surface area contributed by atoms with Gasteiger partial charge in [-0.25, -0.2) is 0 Å². The van der Waals surface area contributed by atoms with Crippen molar-refractivity contribution in [1.29, 1.82) is 0 Å². The topological polar surface area (TPSA) is 38.3 Å². The maximum absolute atomic E-state index is 12.7. The fourth-order valence-corrected chi connectivity index (χ4v) is 4.64. The lowest BCUT2D eigenvalue weighted by Crippen LogP contribution is -2.45. The molecule has 0 aliphatic heterocycles. The summed E-state index contributed by atoms with van der Waals surface area (Å²) in [5.74, 6) is 1.69. The van der Waals surface area contributed by atoms with Crippen LogP contribution in [-0.4, -0.2) is 19.1 Å². The summed E-state index contributed by atoms with van der Waals surface area (Å²) < 4.78 is 5.37. The van der Waals surface area contributed by atoms with Crippen molar-refractivity contribution in [3.05, 3.63) is 65.2 Å². The summed E-state index contributed by atoms with van der Waals surface area (Å²) in [5.41, 5.74) is 3.77. The molecule has 2 atom stereocenters. The second-order valence-corrected chi connectivity index (χ2v) is 8.40. The number of carbonyl (C=O) groups excluding carboxylic acids is 1. The predicted molar refractivity (Wildman–Crippen MR) is 119 cm³/mol. The van der Waals surface area contributed by atoms with Crippen LogP contribution in [0.2, 0.25) is 0 Å². The Labute approximate surface area is 175 Å². The molecule has 29 heavy (non-hydrogen) atoms. The van der Waals surface area contributed by atoms with Crippen molar-refractivity contribution in [3.63, 3.8) is 0 Å². The Morgan fingerprint density at radius 3 is 2.14 bits per heavy atom. The van der Waals surface area contributed by atoms with E-state index in [9.17, 15) is 4.79 Å². The molecule has 2 aromatic carbocycles. The second-order valence-electron chi connectivity index (χ2n) is 8.40. The van der Waals surface area contributed by atoms with Crippen LogP contribution >= 0.6 is 0 Å². The first-order valence-corrected chi connectivity index (χ1v) is 11.1. The third kappa shape index (κ3) is 5.62. The van der Waals surface area contributed by atoms with E-state index in [0.717, 1.165) is 12.2 Å². The van der Waals surface area contributed by atoms with Gasteiger partial charge < -0.3 is 10.1 Å². The van der Waals surface area contributed by atoms with Crippen LogP contribution in [0.5, 0.6) is 5.75 Å². The highest BCUT2D eigenvalue weighted by Crippen LogP contribution is 2.38. The number of rotatable bonds is 8. The van der Waals surface area contributed by atoms with E-state index in [1.54, 1.807) is 7.11 Å². The van der Waals surface area contributed by atoms with E-state index in [2.05, 4.69) is 55.6 Å².